The molecule has 2 aromatic rings. The fourth-order valence-corrected chi connectivity index (χ4v) is 4.96. The first-order valence-electron chi connectivity index (χ1n) is 14.2. The number of amides is 2. The number of carbonyl (C=O) groups is 4. The van der Waals surface area contributed by atoms with Crippen LogP contribution in [0.5, 0.6) is 0 Å². The predicted molar refractivity (Wildman–Crippen MR) is 159 cm³/mol. The summed E-state index contributed by atoms with van der Waals surface area (Å²) in [5.41, 5.74) is 1.45. The monoisotopic (exact) mass is 600 g/mol. The highest BCUT2D eigenvalue weighted by molar-refractivity contribution is 5.88. The number of hydrogen-bond acceptors (Lipinski definition) is 7. The number of likely N-dealkylation sites (N-methyl/N-ethyl adjacent to an activating group) is 2. The standard InChI is InChI=1S/C32H44N2O9/c1-20(2)26(31(38)39)33(5)29(36)25(42-18-22-13-9-7-10-14-22)17-24(35)28(43-19-23-15-11-8-12-16-23)30(37)34(6)27(21(3)4)32(40)41/h7-16,20-21,24-28,35H,17-19H2,1-6H3,(H,38,39)(H,40,41)/t24-,25+,26?,27?,28+/m0/s1. The van der Waals surface area contributed by atoms with Crippen molar-refractivity contribution in [1.29, 1.82) is 0 Å². The summed E-state index contributed by atoms with van der Waals surface area (Å²) in [4.78, 5) is 53.4. The van der Waals surface area contributed by atoms with Gasteiger partial charge in [0, 0.05) is 20.5 Å². The van der Waals surface area contributed by atoms with E-state index in [1.807, 2.05) is 12.1 Å². The second-order valence-corrected chi connectivity index (χ2v) is 11.3. The molecular weight excluding hydrogens is 556 g/mol. The SMILES string of the molecule is CC(C)C(C(=O)O)N(C)C(=O)[C@@H](C[C@H](O)[C@@H](OCc1ccccc1)C(=O)N(C)C(C(=O)O)C(C)C)OCc1ccccc1. The third kappa shape index (κ3) is 10.2. The molecule has 0 bridgehead atoms. The van der Waals surface area contributed by atoms with Crippen molar-refractivity contribution in [3.05, 3.63) is 71.8 Å². The second-order valence-electron chi connectivity index (χ2n) is 11.3. The van der Waals surface area contributed by atoms with Gasteiger partial charge in [0.15, 0.2) is 6.10 Å². The van der Waals surface area contributed by atoms with Crippen LogP contribution in [0.15, 0.2) is 60.7 Å². The number of aliphatic hydroxyl groups excluding tert-OH is 1. The maximum Gasteiger partial charge on any atom is 0.326 e. The molecule has 0 aromatic heterocycles. The molecule has 2 rings (SSSR count). The first-order valence-corrected chi connectivity index (χ1v) is 14.2. The van der Waals surface area contributed by atoms with Gasteiger partial charge in [0.05, 0.1) is 19.3 Å². The number of hydrogen-bond donors (Lipinski definition) is 3. The lowest BCUT2D eigenvalue weighted by molar-refractivity contribution is -0.167. The number of aliphatic hydroxyl groups is 1. The molecule has 0 saturated carbocycles. The summed E-state index contributed by atoms with van der Waals surface area (Å²) in [6.07, 6.45) is -4.92. The molecule has 236 valence electrons. The largest absolute Gasteiger partial charge is 0.480 e. The third-order valence-corrected chi connectivity index (χ3v) is 7.19. The number of nitrogens with zero attached hydrogens (tertiary/aromatic N) is 2. The first kappa shape index (κ1) is 35.4. The van der Waals surface area contributed by atoms with E-state index < -0.39 is 72.4 Å². The Kier molecular flexibility index (Phi) is 13.8. The molecule has 0 fully saturated rings. The summed E-state index contributed by atoms with van der Waals surface area (Å²) in [5.74, 6) is -4.74. The Morgan fingerprint density at radius 2 is 1.07 bits per heavy atom. The normalized spacial score (nSPS) is 14.9. The Bertz CT molecular complexity index is 1190. The van der Waals surface area contributed by atoms with Crippen molar-refractivity contribution in [2.45, 2.75) is 77.7 Å². The predicted octanol–water partition coefficient (Wildman–Crippen LogP) is 3.04. The van der Waals surface area contributed by atoms with E-state index in [1.165, 1.54) is 14.1 Å². The number of carboxylic acids is 2. The molecule has 0 heterocycles. The number of rotatable bonds is 17. The van der Waals surface area contributed by atoms with Crippen molar-refractivity contribution in [3.8, 4) is 0 Å². The van der Waals surface area contributed by atoms with Gasteiger partial charge in [-0.25, -0.2) is 9.59 Å². The van der Waals surface area contributed by atoms with Gasteiger partial charge < -0.3 is 34.6 Å². The zero-order valence-corrected chi connectivity index (χ0v) is 25.6. The lowest BCUT2D eigenvalue weighted by Crippen LogP contribution is -2.54. The number of carbonyl (C=O) groups excluding carboxylic acids is 2. The van der Waals surface area contributed by atoms with E-state index in [1.54, 1.807) is 76.2 Å². The van der Waals surface area contributed by atoms with Gasteiger partial charge in [-0.05, 0) is 23.0 Å². The number of carboxylic acid groups (broad SMARTS) is 2. The number of benzene rings is 2. The van der Waals surface area contributed by atoms with Crippen LogP contribution in [0.2, 0.25) is 0 Å². The van der Waals surface area contributed by atoms with Gasteiger partial charge in [-0.2, -0.15) is 0 Å². The molecule has 2 amide bonds. The fraction of sp³-hybridized carbons (Fsp3) is 0.500. The Morgan fingerprint density at radius 3 is 1.47 bits per heavy atom. The smallest absolute Gasteiger partial charge is 0.326 e. The summed E-state index contributed by atoms with van der Waals surface area (Å²) in [6.45, 7) is 6.58. The molecule has 0 saturated heterocycles. The molecular formula is C32H44N2O9. The molecule has 0 aliphatic rings. The molecule has 2 aromatic carbocycles. The van der Waals surface area contributed by atoms with E-state index in [-0.39, 0.29) is 13.2 Å². The summed E-state index contributed by atoms with van der Waals surface area (Å²) in [6, 6.07) is 15.6. The van der Waals surface area contributed by atoms with E-state index in [2.05, 4.69) is 0 Å². The van der Waals surface area contributed by atoms with Crippen LogP contribution in [0.25, 0.3) is 0 Å². The van der Waals surface area contributed by atoms with Gasteiger partial charge in [-0.3, -0.25) is 9.59 Å². The summed E-state index contributed by atoms with van der Waals surface area (Å²) >= 11 is 0. The zero-order chi connectivity index (χ0) is 32.3. The van der Waals surface area contributed by atoms with Gasteiger partial charge in [0.2, 0.25) is 0 Å². The van der Waals surface area contributed by atoms with Crippen LogP contribution in [0.3, 0.4) is 0 Å². The van der Waals surface area contributed by atoms with Gasteiger partial charge in [-0.15, -0.1) is 0 Å². The quantitative estimate of drug-likeness (QED) is 0.249. The lowest BCUT2D eigenvalue weighted by Gasteiger charge is -2.34. The maximum absolute atomic E-state index is 13.7. The molecule has 11 nitrogen and oxygen atoms in total. The van der Waals surface area contributed by atoms with Crippen molar-refractivity contribution >= 4 is 23.8 Å². The van der Waals surface area contributed by atoms with Crippen LogP contribution in [-0.2, 0) is 41.9 Å². The third-order valence-electron chi connectivity index (χ3n) is 7.19. The molecule has 0 aliphatic heterocycles. The highest BCUT2D eigenvalue weighted by atomic mass is 16.5. The highest BCUT2D eigenvalue weighted by Crippen LogP contribution is 2.21. The highest BCUT2D eigenvalue weighted by Gasteiger charge is 2.40. The van der Waals surface area contributed by atoms with E-state index in [9.17, 15) is 34.5 Å². The fourth-order valence-electron chi connectivity index (χ4n) is 4.96. The van der Waals surface area contributed by atoms with Crippen molar-refractivity contribution in [2.75, 3.05) is 14.1 Å². The second kappa shape index (κ2) is 16.7. The van der Waals surface area contributed by atoms with E-state index in [0.717, 1.165) is 15.4 Å². The molecule has 11 heteroatoms. The average Bonchev–Trinajstić information content (AvgIpc) is 2.95. The Balaban J connectivity index is 2.42. The van der Waals surface area contributed by atoms with Crippen LogP contribution < -0.4 is 0 Å². The minimum atomic E-state index is -1.61. The number of ether oxygens (including phenoxy) is 2. The molecule has 0 aliphatic carbocycles. The van der Waals surface area contributed by atoms with Crippen LogP contribution in [0.4, 0.5) is 0 Å². The lowest BCUT2D eigenvalue weighted by atomic mass is 9.98. The van der Waals surface area contributed by atoms with E-state index in [4.69, 9.17) is 9.47 Å². The van der Waals surface area contributed by atoms with Crippen molar-refractivity contribution < 1.29 is 44.0 Å². The average molecular weight is 601 g/mol. The molecule has 2 unspecified atom stereocenters. The summed E-state index contributed by atoms with van der Waals surface area (Å²) < 4.78 is 11.9. The first-order chi connectivity index (χ1) is 20.3. The van der Waals surface area contributed by atoms with Crippen LogP contribution >= 0.6 is 0 Å². The topological polar surface area (TPSA) is 154 Å². The Hall–Kier alpha value is -3.80. The minimum Gasteiger partial charge on any atom is -0.480 e. The van der Waals surface area contributed by atoms with E-state index >= 15 is 0 Å². The Labute approximate surface area is 253 Å². The van der Waals surface area contributed by atoms with Gasteiger partial charge in [-0.1, -0.05) is 88.4 Å². The zero-order valence-electron chi connectivity index (χ0n) is 25.6. The molecule has 43 heavy (non-hydrogen) atoms. The number of aliphatic carboxylic acids is 2. The van der Waals surface area contributed by atoms with E-state index in [0.29, 0.717) is 5.56 Å². The van der Waals surface area contributed by atoms with Gasteiger partial charge >= 0.3 is 11.9 Å². The van der Waals surface area contributed by atoms with Crippen LogP contribution in [0.1, 0.15) is 45.2 Å². The maximum atomic E-state index is 13.7. The van der Waals surface area contributed by atoms with Gasteiger partial charge in [0.1, 0.15) is 18.2 Å². The van der Waals surface area contributed by atoms with Crippen molar-refractivity contribution in [3.63, 3.8) is 0 Å². The van der Waals surface area contributed by atoms with Crippen LogP contribution in [-0.4, -0.2) is 93.4 Å². The van der Waals surface area contributed by atoms with Crippen molar-refractivity contribution in [1.82, 2.24) is 9.80 Å². The van der Waals surface area contributed by atoms with Gasteiger partial charge in [0.25, 0.3) is 11.8 Å². The van der Waals surface area contributed by atoms with Crippen LogP contribution in [0, 0.1) is 11.8 Å². The molecule has 3 N–H and O–H groups in total. The Morgan fingerprint density at radius 1 is 0.674 bits per heavy atom. The summed E-state index contributed by atoms with van der Waals surface area (Å²) in [7, 11) is 2.68. The molecule has 0 radical (unpaired) electrons. The minimum absolute atomic E-state index is 0.0188. The summed E-state index contributed by atoms with van der Waals surface area (Å²) in [5, 5.41) is 31.0. The molecule has 5 atom stereocenters. The molecule has 0 spiro atoms. The van der Waals surface area contributed by atoms with Crippen molar-refractivity contribution in [2.24, 2.45) is 11.8 Å².